The van der Waals surface area contributed by atoms with Gasteiger partial charge < -0.3 is 4.74 Å². The Labute approximate surface area is 166 Å². The number of benzene rings is 2. The van der Waals surface area contributed by atoms with Gasteiger partial charge >= 0.3 is 0 Å². The van der Waals surface area contributed by atoms with Gasteiger partial charge in [0, 0.05) is 16.1 Å². The smallest absolute Gasteiger partial charge is 0.163 e. The van der Waals surface area contributed by atoms with Crippen LogP contribution in [-0.4, -0.2) is 17.4 Å². The SMILES string of the molecule is CCCCOc1c(C(C)=O)cc(Br)c2cc(Cc3ccc(F)cc3)cnc12. The van der Waals surface area contributed by atoms with E-state index in [1.54, 1.807) is 24.4 Å². The van der Waals surface area contributed by atoms with Crippen LogP contribution in [0.4, 0.5) is 4.39 Å². The third kappa shape index (κ3) is 4.53. The molecule has 0 aliphatic carbocycles. The van der Waals surface area contributed by atoms with Crippen LogP contribution in [0.2, 0.25) is 0 Å². The van der Waals surface area contributed by atoms with Gasteiger partial charge in [0.2, 0.25) is 0 Å². The summed E-state index contributed by atoms with van der Waals surface area (Å²) in [5.41, 5.74) is 3.22. The third-order valence-electron chi connectivity index (χ3n) is 4.38. The van der Waals surface area contributed by atoms with Gasteiger partial charge in [-0.3, -0.25) is 9.78 Å². The standard InChI is InChI=1S/C22H21BrFNO2/c1-3-4-9-27-22-18(14(2)26)12-20(23)19-11-16(13-25-21(19)22)10-15-5-7-17(24)8-6-15/h5-8,11-13H,3-4,9-10H2,1-2H3. The summed E-state index contributed by atoms with van der Waals surface area (Å²) < 4.78 is 19.8. The van der Waals surface area contributed by atoms with Crippen molar-refractivity contribution in [1.29, 1.82) is 0 Å². The van der Waals surface area contributed by atoms with Gasteiger partial charge in [0.15, 0.2) is 11.5 Å². The molecule has 2 aromatic carbocycles. The zero-order valence-electron chi connectivity index (χ0n) is 15.4. The fourth-order valence-electron chi connectivity index (χ4n) is 2.93. The first kappa shape index (κ1) is 19.5. The van der Waals surface area contributed by atoms with E-state index in [4.69, 9.17) is 4.74 Å². The molecule has 5 heteroatoms. The number of Topliss-reactive ketones (excluding diaryl/α,β-unsaturated/α-hetero) is 1. The second-order valence-electron chi connectivity index (χ2n) is 6.54. The van der Waals surface area contributed by atoms with E-state index in [1.807, 2.05) is 6.07 Å². The molecule has 0 saturated heterocycles. The molecule has 0 aliphatic rings. The molecule has 3 nitrogen and oxygen atoms in total. The number of unbranched alkanes of at least 4 members (excludes halogenated alkanes) is 1. The molecule has 0 atom stereocenters. The van der Waals surface area contributed by atoms with Gasteiger partial charge in [0.25, 0.3) is 0 Å². The van der Waals surface area contributed by atoms with Crippen LogP contribution in [-0.2, 0) is 6.42 Å². The molecule has 0 N–H and O–H groups in total. The van der Waals surface area contributed by atoms with E-state index in [9.17, 15) is 9.18 Å². The number of fused-ring (bicyclic) bond motifs is 1. The van der Waals surface area contributed by atoms with Crippen molar-refractivity contribution in [2.24, 2.45) is 0 Å². The molecule has 0 saturated carbocycles. The fraction of sp³-hybridized carbons (Fsp3) is 0.273. The maximum absolute atomic E-state index is 13.1. The minimum Gasteiger partial charge on any atom is -0.491 e. The lowest BCUT2D eigenvalue weighted by Crippen LogP contribution is -2.05. The molecular formula is C22H21BrFNO2. The normalized spacial score (nSPS) is 11.0. The summed E-state index contributed by atoms with van der Waals surface area (Å²) in [5.74, 6) is 0.243. The van der Waals surface area contributed by atoms with Crippen molar-refractivity contribution in [3.05, 3.63) is 69.6 Å². The van der Waals surface area contributed by atoms with Crippen LogP contribution in [0.25, 0.3) is 10.9 Å². The van der Waals surface area contributed by atoms with E-state index < -0.39 is 0 Å². The molecule has 1 heterocycles. The number of halogens is 2. The van der Waals surface area contributed by atoms with Crippen LogP contribution in [0.1, 0.15) is 48.2 Å². The monoisotopic (exact) mass is 429 g/mol. The molecular weight excluding hydrogens is 409 g/mol. The number of pyridine rings is 1. The number of carbonyl (C=O) groups excluding carboxylic acids is 1. The third-order valence-corrected chi connectivity index (χ3v) is 5.03. The molecule has 0 fully saturated rings. The first-order valence-electron chi connectivity index (χ1n) is 8.99. The molecule has 0 aliphatic heterocycles. The Kier molecular flexibility index (Phi) is 6.22. The topological polar surface area (TPSA) is 39.2 Å². The van der Waals surface area contributed by atoms with Crippen molar-refractivity contribution in [3.8, 4) is 5.75 Å². The van der Waals surface area contributed by atoms with E-state index in [2.05, 4.69) is 27.8 Å². The summed E-state index contributed by atoms with van der Waals surface area (Å²) in [6, 6.07) is 10.3. The number of nitrogens with zero attached hydrogens (tertiary/aromatic N) is 1. The second-order valence-corrected chi connectivity index (χ2v) is 7.39. The molecule has 0 amide bonds. The largest absolute Gasteiger partial charge is 0.491 e. The summed E-state index contributed by atoms with van der Waals surface area (Å²) in [6.45, 7) is 4.17. The van der Waals surface area contributed by atoms with Crippen molar-refractivity contribution < 1.29 is 13.9 Å². The number of hydrogen-bond acceptors (Lipinski definition) is 3. The average Bonchev–Trinajstić information content (AvgIpc) is 2.65. The number of ketones is 1. The van der Waals surface area contributed by atoms with Crippen LogP contribution < -0.4 is 4.74 Å². The van der Waals surface area contributed by atoms with Gasteiger partial charge in [-0.05, 0) is 55.2 Å². The van der Waals surface area contributed by atoms with Crippen molar-refractivity contribution in [3.63, 3.8) is 0 Å². The van der Waals surface area contributed by atoms with Crippen LogP contribution in [0.15, 0.2) is 47.1 Å². The van der Waals surface area contributed by atoms with E-state index in [0.717, 1.165) is 33.8 Å². The number of aromatic nitrogens is 1. The summed E-state index contributed by atoms with van der Waals surface area (Å²) in [5, 5.41) is 0.895. The molecule has 140 valence electrons. The Morgan fingerprint density at radius 1 is 1.19 bits per heavy atom. The van der Waals surface area contributed by atoms with Crippen LogP contribution in [0.3, 0.4) is 0 Å². The highest BCUT2D eigenvalue weighted by atomic mass is 79.9. The predicted molar refractivity (Wildman–Crippen MR) is 109 cm³/mol. The Morgan fingerprint density at radius 3 is 2.59 bits per heavy atom. The van der Waals surface area contributed by atoms with Gasteiger partial charge in [-0.15, -0.1) is 0 Å². The Balaban J connectivity index is 2.02. The van der Waals surface area contributed by atoms with Crippen LogP contribution >= 0.6 is 15.9 Å². The number of carbonyl (C=O) groups is 1. The number of rotatable bonds is 7. The van der Waals surface area contributed by atoms with Crippen molar-refractivity contribution in [1.82, 2.24) is 4.98 Å². The van der Waals surface area contributed by atoms with E-state index in [-0.39, 0.29) is 11.6 Å². The Morgan fingerprint density at radius 2 is 1.93 bits per heavy atom. The van der Waals surface area contributed by atoms with E-state index in [1.165, 1.54) is 19.1 Å². The van der Waals surface area contributed by atoms with Gasteiger partial charge in [-0.1, -0.05) is 41.4 Å². The minimum atomic E-state index is -0.247. The first-order valence-corrected chi connectivity index (χ1v) is 9.78. The van der Waals surface area contributed by atoms with Gasteiger partial charge in [0.05, 0.1) is 12.2 Å². The lowest BCUT2D eigenvalue weighted by molar-refractivity contribution is 0.101. The Bertz CT molecular complexity index is 970. The van der Waals surface area contributed by atoms with Crippen LogP contribution in [0, 0.1) is 5.82 Å². The van der Waals surface area contributed by atoms with Crippen LogP contribution in [0.5, 0.6) is 5.75 Å². The lowest BCUT2D eigenvalue weighted by atomic mass is 10.0. The quantitative estimate of drug-likeness (QED) is 0.336. The summed E-state index contributed by atoms with van der Waals surface area (Å²) in [4.78, 5) is 16.7. The molecule has 3 aromatic rings. The zero-order chi connectivity index (χ0) is 19.4. The fourth-order valence-corrected chi connectivity index (χ4v) is 3.46. The summed E-state index contributed by atoms with van der Waals surface area (Å²) >= 11 is 3.56. The van der Waals surface area contributed by atoms with Gasteiger partial charge in [-0.2, -0.15) is 0 Å². The number of hydrogen-bond donors (Lipinski definition) is 0. The molecule has 1 aromatic heterocycles. The van der Waals surface area contributed by atoms with Crippen molar-refractivity contribution >= 4 is 32.6 Å². The predicted octanol–water partition coefficient (Wildman–Crippen LogP) is 6.11. The summed E-state index contributed by atoms with van der Waals surface area (Å²) in [6.07, 6.45) is 4.36. The molecule has 3 rings (SSSR count). The highest BCUT2D eigenvalue weighted by Crippen LogP contribution is 2.35. The van der Waals surface area contributed by atoms with Gasteiger partial charge in [0.1, 0.15) is 11.3 Å². The average molecular weight is 430 g/mol. The lowest BCUT2D eigenvalue weighted by Gasteiger charge is -2.14. The highest BCUT2D eigenvalue weighted by Gasteiger charge is 2.17. The summed E-state index contributed by atoms with van der Waals surface area (Å²) in [7, 11) is 0. The minimum absolute atomic E-state index is 0.0544. The van der Waals surface area contributed by atoms with Gasteiger partial charge in [-0.25, -0.2) is 4.39 Å². The highest BCUT2D eigenvalue weighted by molar-refractivity contribution is 9.10. The maximum Gasteiger partial charge on any atom is 0.163 e. The molecule has 27 heavy (non-hydrogen) atoms. The zero-order valence-corrected chi connectivity index (χ0v) is 17.0. The van der Waals surface area contributed by atoms with E-state index >= 15 is 0 Å². The molecule has 0 unspecified atom stereocenters. The van der Waals surface area contributed by atoms with Crippen molar-refractivity contribution in [2.45, 2.75) is 33.1 Å². The van der Waals surface area contributed by atoms with E-state index in [0.29, 0.717) is 29.9 Å². The molecule has 0 radical (unpaired) electrons. The second kappa shape index (κ2) is 8.61. The Hall–Kier alpha value is -2.27. The first-order chi connectivity index (χ1) is 13.0. The number of ether oxygens (including phenoxy) is 1. The maximum atomic E-state index is 13.1. The van der Waals surface area contributed by atoms with Crippen molar-refractivity contribution in [2.75, 3.05) is 6.61 Å². The molecule has 0 spiro atoms. The molecule has 0 bridgehead atoms.